The third kappa shape index (κ3) is 6.66. The van der Waals surface area contributed by atoms with E-state index in [1.54, 1.807) is 7.11 Å². The molecule has 0 atom stereocenters. The van der Waals surface area contributed by atoms with Gasteiger partial charge in [0.15, 0.2) is 0 Å². The van der Waals surface area contributed by atoms with Crippen LogP contribution in [0.2, 0.25) is 0 Å². The number of nitrogens with one attached hydrogen (secondary N) is 1. The number of methoxy groups -OCH3 is 1. The van der Waals surface area contributed by atoms with Crippen molar-refractivity contribution in [3.05, 3.63) is 0 Å². The van der Waals surface area contributed by atoms with Gasteiger partial charge in [-0.15, -0.1) is 0 Å². The Morgan fingerprint density at radius 1 is 1.19 bits per heavy atom. The first-order valence-electron chi connectivity index (χ1n) is 8.87. The quantitative estimate of drug-likeness (QED) is 0.657. The summed E-state index contributed by atoms with van der Waals surface area (Å²) < 4.78 is 11.9. The molecule has 21 heavy (non-hydrogen) atoms. The molecule has 0 aromatic carbocycles. The van der Waals surface area contributed by atoms with Gasteiger partial charge in [-0.1, -0.05) is 26.7 Å². The van der Waals surface area contributed by atoms with E-state index in [0.29, 0.717) is 0 Å². The van der Waals surface area contributed by atoms with Crippen molar-refractivity contribution < 1.29 is 9.47 Å². The number of hydrogen-bond donors (Lipinski definition) is 1. The molecule has 0 heterocycles. The molecular formula is C18H37NO2. The van der Waals surface area contributed by atoms with Crippen molar-refractivity contribution in [1.29, 1.82) is 0 Å². The molecule has 0 radical (unpaired) electrons. The van der Waals surface area contributed by atoms with Crippen molar-refractivity contribution in [2.45, 2.75) is 83.8 Å². The van der Waals surface area contributed by atoms with Gasteiger partial charge in [-0.25, -0.2) is 0 Å². The molecule has 3 heteroatoms. The first-order chi connectivity index (χ1) is 9.97. The van der Waals surface area contributed by atoms with Crippen LogP contribution in [0.1, 0.15) is 72.6 Å². The highest BCUT2D eigenvalue weighted by molar-refractivity contribution is 4.89. The van der Waals surface area contributed by atoms with Crippen molar-refractivity contribution in [3.8, 4) is 0 Å². The summed E-state index contributed by atoms with van der Waals surface area (Å²) in [6.45, 7) is 11.5. The van der Waals surface area contributed by atoms with Gasteiger partial charge in [0.1, 0.15) is 0 Å². The van der Waals surface area contributed by atoms with Gasteiger partial charge >= 0.3 is 0 Å². The Hall–Kier alpha value is -0.120. The number of likely N-dealkylation sites (N-methyl/N-ethyl adjacent to an activating group) is 1. The molecule has 1 fully saturated rings. The van der Waals surface area contributed by atoms with Crippen LogP contribution < -0.4 is 5.32 Å². The Bertz CT molecular complexity index is 270. The Balaban J connectivity index is 2.48. The minimum atomic E-state index is -0.0845. The van der Waals surface area contributed by atoms with Gasteiger partial charge < -0.3 is 14.8 Å². The Morgan fingerprint density at radius 3 is 2.38 bits per heavy atom. The zero-order chi connectivity index (χ0) is 15.8. The van der Waals surface area contributed by atoms with Gasteiger partial charge in [-0.05, 0) is 58.4 Å². The molecule has 0 amide bonds. The minimum absolute atomic E-state index is 0.0596. The van der Waals surface area contributed by atoms with Crippen LogP contribution in [0.4, 0.5) is 0 Å². The largest absolute Gasteiger partial charge is 0.379 e. The summed E-state index contributed by atoms with van der Waals surface area (Å²) in [5.74, 6) is 0.920. The average Bonchev–Trinajstić information content (AvgIpc) is 2.48. The normalized spacial score (nSPS) is 27.0. The summed E-state index contributed by atoms with van der Waals surface area (Å²) >= 11 is 0. The second kappa shape index (κ2) is 9.12. The molecule has 1 aliphatic carbocycles. The molecule has 1 aliphatic rings. The summed E-state index contributed by atoms with van der Waals surface area (Å²) in [4.78, 5) is 0. The topological polar surface area (TPSA) is 30.5 Å². The van der Waals surface area contributed by atoms with E-state index in [2.05, 4.69) is 33.0 Å². The maximum Gasteiger partial charge on any atom is 0.0806 e. The van der Waals surface area contributed by atoms with Gasteiger partial charge in [0.05, 0.1) is 17.8 Å². The maximum absolute atomic E-state index is 6.39. The van der Waals surface area contributed by atoms with Gasteiger partial charge in [0.2, 0.25) is 0 Å². The highest BCUT2D eigenvalue weighted by Crippen LogP contribution is 2.37. The lowest BCUT2D eigenvalue weighted by atomic mass is 9.77. The lowest BCUT2D eigenvalue weighted by molar-refractivity contribution is -0.0966. The molecule has 1 N–H and O–H groups in total. The molecule has 0 bridgehead atoms. The monoisotopic (exact) mass is 299 g/mol. The SMILES string of the molecule is CCCC1CCC(CNCC)(OCCC(C)(C)OC)CC1. The van der Waals surface area contributed by atoms with E-state index >= 15 is 0 Å². The molecular weight excluding hydrogens is 262 g/mol. The van der Waals surface area contributed by atoms with Crippen molar-refractivity contribution in [3.63, 3.8) is 0 Å². The fourth-order valence-electron chi connectivity index (χ4n) is 3.24. The standard InChI is InChI=1S/C18H37NO2/c1-6-8-16-9-11-18(12-10-16,15-19-7-2)21-14-13-17(3,4)20-5/h16,19H,6-15H2,1-5H3. The van der Waals surface area contributed by atoms with E-state index in [-0.39, 0.29) is 11.2 Å². The molecule has 0 aromatic rings. The smallest absolute Gasteiger partial charge is 0.0806 e. The molecule has 0 unspecified atom stereocenters. The van der Waals surface area contributed by atoms with Gasteiger partial charge in [0, 0.05) is 13.7 Å². The first-order valence-corrected chi connectivity index (χ1v) is 8.87. The van der Waals surface area contributed by atoms with E-state index in [1.165, 1.54) is 38.5 Å². The summed E-state index contributed by atoms with van der Waals surface area (Å²) in [6, 6.07) is 0. The number of ether oxygens (including phenoxy) is 2. The molecule has 0 saturated heterocycles. The number of hydrogen-bond acceptors (Lipinski definition) is 3. The van der Waals surface area contributed by atoms with E-state index < -0.39 is 0 Å². The molecule has 1 saturated carbocycles. The van der Waals surface area contributed by atoms with Gasteiger partial charge in [-0.2, -0.15) is 0 Å². The summed E-state index contributed by atoms with van der Waals surface area (Å²) in [5.41, 5.74) is -0.0249. The molecule has 1 rings (SSSR count). The predicted octanol–water partition coefficient (Wildman–Crippen LogP) is 4.16. The molecule has 3 nitrogen and oxygen atoms in total. The first kappa shape index (κ1) is 18.9. The molecule has 126 valence electrons. The summed E-state index contributed by atoms with van der Waals surface area (Å²) in [6.07, 6.45) is 8.72. The second-order valence-electron chi connectivity index (χ2n) is 7.26. The van der Waals surface area contributed by atoms with E-state index in [9.17, 15) is 0 Å². The van der Waals surface area contributed by atoms with E-state index in [1.807, 2.05) is 0 Å². The van der Waals surface area contributed by atoms with Crippen LogP contribution in [-0.4, -0.2) is 38.0 Å². The number of rotatable bonds is 10. The maximum atomic E-state index is 6.39. The third-order valence-corrected chi connectivity index (χ3v) is 5.08. The van der Waals surface area contributed by atoms with Crippen LogP contribution in [0, 0.1) is 5.92 Å². The van der Waals surface area contributed by atoms with Crippen molar-refractivity contribution >= 4 is 0 Å². The van der Waals surface area contributed by atoms with E-state index in [4.69, 9.17) is 9.47 Å². The summed E-state index contributed by atoms with van der Waals surface area (Å²) in [5, 5.41) is 3.51. The van der Waals surface area contributed by atoms with Crippen LogP contribution in [0.25, 0.3) is 0 Å². The fourth-order valence-corrected chi connectivity index (χ4v) is 3.24. The van der Waals surface area contributed by atoms with Crippen molar-refractivity contribution in [2.75, 3.05) is 26.8 Å². The van der Waals surface area contributed by atoms with Crippen LogP contribution >= 0.6 is 0 Å². The molecule has 0 aromatic heterocycles. The Morgan fingerprint density at radius 2 is 1.86 bits per heavy atom. The minimum Gasteiger partial charge on any atom is -0.379 e. The lowest BCUT2D eigenvalue weighted by Gasteiger charge is -2.41. The van der Waals surface area contributed by atoms with Gasteiger partial charge in [0.25, 0.3) is 0 Å². The van der Waals surface area contributed by atoms with Crippen molar-refractivity contribution in [2.24, 2.45) is 5.92 Å². The lowest BCUT2D eigenvalue weighted by Crippen LogP contribution is -2.46. The van der Waals surface area contributed by atoms with Crippen LogP contribution in [0.3, 0.4) is 0 Å². The van der Waals surface area contributed by atoms with Crippen LogP contribution in [0.15, 0.2) is 0 Å². The highest BCUT2D eigenvalue weighted by atomic mass is 16.5. The third-order valence-electron chi connectivity index (χ3n) is 5.08. The molecule has 0 aliphatic heterocycles. The Kier molecular flexibility index (Phi) is 8.22. The predicted molar refractivity (Wildman–Crippen MR) is 89.8 cm³/mol. The molecule has 0 spiro atoms. The zero-order valence-corrected chi connectivity index (χ0v) is 15.0. The van der Waals surface area contributed by atoms with Crippen molar-refractivity contribution in [1.82, 2.24) is 5.32 Å². The van der Waals surface area contributed by atoms with E-state index in [0.717, 1.165) is 32.0 Å². The average molecular weight is 299 g/mol. The van der Waals surface area contributed by atoms with Crippen LogP contribution in [-0.2, 0) is 9.47 Å². The van der Waals surface area contributed by atoms with Crippen LogP contribution in [0.5, 0.6) is 0 Å². The Labute approximate surface area is 132 Å². The second-order valence-corrected chi connectivity index (χ2v) is 7.26. The van der Waals surface area contributed by atoms with Gasteiger partial charge in [-0.3, -0.25) is 0 Å². The summed E-state index contributed by atoms with van der Waals surface area (Å²) in [7, 11) is 1.78. The zero-order valence-electron chi connectivity index (χ0n) is 15.0. The highest BCUT2D eigenvalue weighted by Gasteiger charge is 2.36. The fraction of sp³-hybridized carbons (Fsp3) is 1.00.